The van der Waals surface area contributed by atoms with Gasteiger partial charge in [-0.15, -0.1) is 0 Å². The third-order valence-electron chi connectivity index (χ3n) is 4.48. The second-order valence-corrected chi connectivity index (χ2v) is 8.07. The molecule has 2 N–H and O–H groups in total. The van der Waals surface area contributed by atoms with Crippen LogP contribution in [-0.2, 0) is 20.7 Å². The second-order valence-electron chi connectivity index (χ2n) is 8.07. The highest BCUT2D eigenvalue weighted by atomic mass is 19.2. The number of ether oxygens (including phenoxy) is 1. The number of benzene rings is 1. The molecule has 0 aromatic heterocycles. The molecule has 0 spiro atoms. The first-order valence-corrected chi connectivity index (χ1v) is 9.11. The number of hydrogen-bond acceptors (Lipinski definition) is 4. The molecule has 1 rings (SSSR count). The molecule has 1 amide bonds. The van der Waals surface area contributed by atoms with Crippen molar-refractivity contribution in [3.8, 4) is 0 Å². The topological polar surface area (TPSA) is 72.6 Å². The molecule has 0 aliphatic rings. The Labute approximate surface area is 164 Å². The van der Waals surface area contributed by atoms with E-state index in [9.17, 15) is 22.8 Å². The van der Waals surface area contributed by atoms with E-state index in [-0.39, 0.29) is 30.5 Å². The fourth-order valence-electron chi connectivity index (χ4n) is 2.66. The average Bonchev–Trinajstić information content (AvgIpc) is 2.57. The number of nitrogens with zero attached hydrogens (tertiary/aromatic N) is 1. The second kappa shape index (κ2) is 9.41. The monoisotopic (exact) mass is 402 g/mol. The molecule has 0 aliphatic heterocycles. The van der Waals surface area contributed by atoms with Crippen LogP contribution in [0.5, 0.6) is 0 Å². The average molecular weight is 402 g/mol. The molecule has 8 heteroatoms. The summed E-state index contributed by atoms with van der Waals surface area (Å²) in [4.78, 5) is 26.6. The first-order chi connectivity index (χ1) is 12.7. The van der Waals surface area contributed by atoms with Crippen molar-refractivity contribution >= 4 is 11.9 Å². The van der Waals surface area contributed by atoms with E-state index in [4.69, 9.17) is 10.5 Å². The van der Waals surface area contributed by atoms with E-state index in [1.807, 2.05) is 0 Å². The number of nitrogens with two attached hydrogens (primary N) is 1. The van der Waals surface area contributed by atoms with Crippen LogP contribution >= 0.6 is 0 Å². The van der Waals surface area contributed by atoms with Crippen LogP contribution in [0.15, 0.2) is 12.1 Å². The van der Waals surface area contributed by atoms with Crippen LogP contribution in [0, 0.1) is 23.4 Å². The van der Waals surface area contributed by atoms with Crippen molar-refractivity contribution in [2.75, 3.05) is 7.05 Å². The number of amides is 1. The largest absolute Gasteiger partial charge is 0.460 e. The normalized spacial score (nSPS) is 14.9. The Morgan fingerprint density at radius 1 is 1.14 bits per heavy atom. The van der Waals surface area contributed by atoms with E-state index >= 15 is 0 Å². The van der Waals surface area contributed by atoms with Crippen molar-refractivity contribution in [3.05, 3.63) is 35.1 Å². The maximum atomic E-state index is 14.1. The Morgan fingerprint density at radius 2 is 1.71 bits per heavy atom. The van der Waals surface area contributed by atoms with Gasteiger partial charge in [-0.2, -0.15) is 0 Å². The fraction of sp³-hybridized carbons (Fsp3) is 0.600. The minimum atomic E-state index is -1.61. The summed E-state index contributed by atoms with van der Waals surface area (Å²) in [6.07, 6.45) is -0.609. The highest BCUT2D eigenvalue weighted by Crippen LogP contribution is 2.23. The molecule has 0 aliphatic carbocycles. The molecule has 3 atom stereocenters. The number of likely N-dealkylation sites (N-methyl/N-ethyl adjacent to an activating group) is 1. The third kappa shape index (κ3) is 6.51. The smallest absolute Gasteiger partial charge is 0.307 e. The van der Waals surface area contributed by atoms with Gasteiger partial charge in [0.15, 0.2) is 17.5 Å². The highest BCUT2D eigenvalue weighted by Gasteiger charge is 2.31. The van der Waals surface area contributed by atoms with Gasteiger partial charge in [-0.25, -0.2) is 13.2 Å². The van der Waals surface area contributed by atoms with Crippen LogP contribution in [-0.4, -0.2) is 41.5 Å². The number of halogens is 3. The number of carbonyl (C=O) groups excluding carboxylic acids is 2. The Kier molecular flexibility index (Phi) is 8.05. The zero-order valence-electron chi connectivity index (χ0n) is 17.2. The summed E-state index contributed by atoms with van der Waals surface area (Å²) in [7, 11) is 1.53. The minimum Gasteiger partial charge on any atom is -0.460 e. The van der Waals surface area contributed by atoms with Crippen LogP contribution in [0.25, 0.3) is 0 Å². The summed E-state index contributed by atoms with van der Waals surface area (Å²) in [5, 5.41) is 0. The lowest BCUT2D eigenvalue weighted by Crippen LogP contribution is -2.48. The molecule has 5 nitrogen and oxygen atoms in total. The Morgan fingerprint density at radius 3 is 2.21 bits per heavy atom. The molecular formula is C20H29F3N2O3. The first kappa shape index (κ1) is 23.9. The summed E-state index contributed by atoms with van der Waals surface area (Å²) in [6, 6.07) is 1.18. The van der Waals surface area contributed by atoms with E-state index in [0.717, 1.165) is 12.1 Å². The molecule has 0 heterocycles. The highest BCUT2D eigenvalue weighted by molar-refractivity contribution is 5.84. The lowest BCUT2D eigenvalue weighted by molar-refractivity contribution is -0.158. The fourth-order valence-corrected chi connectivity index (χ4v) is 2.66. The third-order valence-corrected chi connectivity index (χ3v) is 4.48. The lowest BCUT2D eigenvalue weighted by Gasteiger charge is -2.31. The number of rotatable bonds is 7. The molecule has 0 fully saturated rings. The summed E-state index contributed by atoms with van der Waals surface area (Å²) < 4.78 is 46.1. The van der Waals surface area contributed by atoms with Gasteiger partial charge in [0, 0.05) is 19.1 Å². The van der Waals surface area contributed by atoms with Crippen LogP contribution < -0.4 is 5.73 Å². The van der Waals surface area contributed by atoms with E-state index in [0.29, 0.717) is 0 Å². The van der Waals surface area contributed by atoms with Gasteiger partial charge < -0.3 is 15.4 Å². The standard InChI is InChI=1S/C20H29F3N2O3/c1-11(24)12(2)25(6)19(27)14(10-16(26)28-20(3,4)5)9-13-7-8-15(21)18(23)17(13)22/h7-8,11-12,14H,9-10,24H2,1-6H3/t11-,12-,14+/m0/s1. The van der Waals surface area contributed by atoms with Gasteiger partial charge in [0.1, 0.15) is 5.60 Å². The minimum absolute atomic E-state index is 0.192. The molecule has 158 valence electrons. The van der Waals surface area contributed by atoms with Gasteiger partial charge in [0.05, 0.1) is 12.3 Å². The Bertz CT molecular complexity index is 717. The van der Waals surface area contributed by atoms with Crippen molar-refractivity contribution < 1.29 is 27.5 Å². The Hall–Kier alpha value is -2.09. The van der Waals surface area contributed by atoms with Gasteiger partial charge >= 0.3 is 5.97 Å². The van der Waals surface area contributed by atoms with E-state index in [1.165, 1.54) is 11.9 Å². The molecule has 1 aromatic rings. The van der Waals surface area contributed by atoms with Gasteiger partial charge in [-0.05, 0) is 52.7 Å². The predicted molar refractivity (Wildman–Crippen MR) is 99.9 cm³/mol. The quantitative estimate of drug-likeness (QED) is 0.562. The summed E-state index contributed by atoms with van der Waals surface area (Å²) in [5.41, 5.74) is 4.88. The van der Waals surface area contributed by atoms with Gasteiger partial charge in [0.25, 0.3) is 0 Å². The Balaban J connectivity index is 3.15. The van der Waals surface area contributed by atoms with E-state index in [1.54, 1.807) is 34.6 Å². The van der Waals surface area contributed by atoms with Gasteiger partial charge in [0.2, 0.25) is 5.91 Å². The number of esters is 1. The van der Waals surface area contributed by atoms with Crippen LogP contribution in [0.2, 0.25) is 0 Å². The first-order valence-electron chi connectivity index (χ1n) is 9.11. The molecule has 0 unspecified atom stereocenters. The number of hydrogen-bond donors (Lipinski definition) is 1. The molecule has 0 saturated carbocycles. The van der Waals surface area contributed by atoms with Crippen molar-refractivity contribution in [2.24, 2.45) is 11.7 Å². The lowest BCUT2D eigenvalue weighted by atomic mass is 9.93. The predicted octanol–water partition coefficient (Wildman–Crippen LogP) is 3.19. The van der Waals surface area contributed by atoms with Crippen molar-refractivity contribution in [1.29, 1.82) is 0 Å². The molecule has 0 bridgehead atoms. The van der Waals surface area contributed by atoms with Crippen molar-refractivity contribution in [1.82, 2.24) is 4.90 Å². The molecule has 0 radical (unpaired) electrons. The van der Waals surface area contributed by atoms with Crippen LogP contribution in [0.3, 0.4) is 0 Å². The van der Waals surface area contributed by atoms with Crippen LogP contribution in [0.4, 0.5) is 13.2 Å². The number of carbonyl (C=O) groups is 2. The molecule has 28 heavy (non-hydrogen) atoms. The zero-order chi connectivity index (χ0) is 21.8. The van der Waals surface area contributed by atoms with Crippen molar-refractivity contribution in [2.45, 2.75) is 65.1 Å². The summed E-state index contributed by atoms with van der Waals surface area (Å²) in [5.74, 6) is -6.42. The van der Waals surface area contributed by atoms with Gasteiger partial charge in [-0.3, -0.25) is 9.59 Å². The van der Waals surface area contributed by atoms with Crippen molar-refractivity contribution in [3.63, 3.8) is 0 Å². The maximum Gasteiger partial charge on any atom is 0.307 e. The zero-order valence-corrected chi connectivity index (χ0v) is 17.2. The molecule has 1 aromatic carbocycles. The summed E-state index contributed by atoms with van der Waals surface area (Å²) in [6.45, 7) is 8.51. The van der Waals surface area contributed by atoms with Gasteiger partial charge in [-0.1, -0.05) is 6.07 Å². The maximum absolute atomic E-state index is 14.1. The van der Waals surface area contributed by atoms with E-state index in [2.05, 4.69) is 0 Å². The molecule has 0 saturated heterocycles. The van der Waals surface area contributed by atoms with E-state index < -0.39 is 40.8 Å². The molecular weight excluding hydrogens is 373 g/mol. The summed E-state index contributed by atoms with van der Waals surface area (Å²) >= 11 is 0. The SMILES string of the molecule is C[C@H](N)[C@H](C)N(C)C(=O)[C@@H](CC(=O)OC(C)(C)C)Cc1ccc(F)c(F)c1F. The van der Waals surface area contributed by atoms with Crippen LogP contribution in [0.1, 0.15) is 46.6 Å².